The smallest absolute Gasteiger partial charge is 0.337 e. The van der Waals surface area contributed by atoms with E-state index in [1.165, 1.54) is 29.8 Å². The Morgan fingerprint density at radius 3 is 2.54 bits per heavy atom. The third-order valence-electron chi connectivity index (χ3n) is 3.72. The second-order valence-corrected chi connectivity index (χ2v) is 7.50. The standard InChI is InChI=1S/C19H17N3O4S2/c1-26-18(25)12-4-6-13(7-5-12)20-16(23)9-8-14-11-28-19(21-14)22-17(24)15-3-2-10-27-15/h2-7,10-11H,8-9H2,1H3,(H,20,23)(H,21,22,24). The fourth-order valence-corrected chi connectivity index (χ4v) is 3.68. The van der Waals surface area contributed by atoms with Crippen molar-refractivity contribution in [1.82, 2.24) is 4.98 Å². The number of anilines is 2. The van der Waals surface area contributed by atoms with Crippen LogP contribution in [0.3, 0.4) is 0 Å². The van der Waals surface area contributed by atoms with Gasteiger partial charge in [-0.3, -0.25) is 14.9 Å². The van der Waals surface area contributed by atoms with E-state index in [1.54, 1.807) is 30.3 Å². The van der Waals surface area contributed by atoms with Crippen LogP contribution >= 0.6 is 22.7 Å². The average molecular weight is 415 g/mol. The summed E-state index contributed by atoms with van der Waals surface area (Å²) in [6, 6.07) is 10.0. The van der Waals surface area contributed by atoms with Crippen molar-refractivity contribution < 1.29 is 19.1 Å². The number of methoxy groups -OCH3 is 1. The van der Waals surface area contributed by atoms with Crippen molar-refractivity contribution in [2.75, 3.05) is 17.7 Å². The molecule has 2 N–H and O–H groups in total. The summed E-state index contributed by atoms with van der Waals surface area (Å²) < 4.78 is 4.63. The molecule has 0 saturated carbocycles. The predicted molar refractivity (Wildman–Crippen MR) is 109 cm³/mol. The topological polar surface area (TPSA) is 97.4 Å². The van der Waals surface area contributed by atoms with Crippen LogP contribution in [0.1, 0.15) is 32.1 Å². The van der Waals surface area contributed by atoms with E-state index in [-0.39, 0.29) is 18.2 Å². The van der Waals surface area contributed by atoms with Gasteiger partial charge in [-0.15, -0.1) is 22.7 Å². The van der Waals surface area contributed by atoms with Crippen molar-refractivity contribution in [2.45, 2.75) is 12.8 Å². The van der Waals surface area contributed by atoms with Gasteiger partial charge < -0.3 is 10.1 Å². The number of hydrogen-bond donors (Lipinski definition) is 2. The lowest BCUT2D eigenvalue weighted by molar-refractivity contribution is -0.116. The van der Waals surface area contributed by atoms with Gasteiger partial charge in [0.25, 0.3) is 5.91 Å². The monoisotopic (exact) mass is 415 g/mol. The van der Waals surface area contributed by atoms with E-state index < -0.39 is 5.97 Å². The SMILES string of the molecule is COC(=O)c1ccc(NC(=O)CCc2csc(NC(=O)c3cccs3)n2)cc1. The molecular formula is C19H17N3O4S2. The first kappa shape index (κ1) is 19.7. The zero-order chi connectivity index (χ0) is 19.9. The molecule has 2 aromatic heterocycles. The molecule has 1 aromatic carbocycles. The molecule has 2 amide bonds. The van der Waals surface area contributed by atoms with E-state index in [9.17, 15) is 14.4 Å². The van der Waals surface area contributed by atoms with Crippen LogP contribution in [0.4, 0.5) is 10.8 Å². The summed E-state index contributed by atoms with van der Waals surface area (Å²) in [4.78, 5) is 40.5. The van der Waals surface area contributed by atoms with Gasteiger partial charge in [0.15, 0.2) is 5.13 Å². The quantitative estimate of drug-likeness (QED) is 0.572. The number of thiazole rings is 1. The molecule has 28 heavy (non-hydrogen) atoms. The molecule has 7 nitrogen and oxygen atoms in total. The molecule has 0 atom stereocenters. The molecule has 3 rings (SSSR count). The first-order valence-electron chi connectivity index (χ1n) is 8.32. The zero-order valence-corrected chi connectivity index (χ0v) is 16.6. The number of carbonyl (C=O) groups excluding carboxylic acids is 3. The molecule has 144 valence electrons. The van der Waals surface area contributed by atoms with Gasteiger partial charge in [-0.2, -0.15) is 0 Å². The van der Waals surface area contributed by atoms with Gasteiger partial charge in [0.05, 0.1) is 23.2 Å². The summed E-state index contributed by atoms with van der Waals surface area (Å²) in [6.45, 7) is 0. The maximum atomic E-state index is 12.1. The molecule has 0 spiro atoms. The Kier molecular flexibility index (Phi) is 6.51. The van der Waals surface area contributed by atoms with Gasteiger partial charge in [-0.25, -0.2) is 9.78 Å². The zero-order valence-electron chi connectivity index (χ0n) is 14.9. The molecule has 0 bridgehead atoms. The van der Waals surface area contributed by atoms with Crippen LogP contribution in [0, 0.1) is 0 Å². The molecule has 0 fully saturated rings. The summed E-state index contributed by atoms with van der Waals surface area (Å²) in [5.74, 6) is -0.782. The van der Waals surface area contributed by atoms with Gasteiger partial charge in [-0.1, -0.05) is 6.07 Å². The van der Waals surface area contributed by atoms with Gasteiger partial charge in [0.2, 0.25) is 5.91 Å². The van der Waals surface area contributed by atoms with Crippen LogP contribution in [0.25, 0.3) is 0 Å². The number of nitrogens with one attached hydrogen (secondary N) is 2. The first-order chi connectivity index (χ1) is 13.5. The molecule has 0 aliphatic carbocycles. The second kappa shape index (κ2) is 9.25. The average Bonchev–Trinajstić information content (AvgIpc) is 3.38. The summed E-state index contributed by atoms with van der Waals surface area (Å²) >= 11 is 2.69. The van der Waals surface area contributed by atoms with Gasteiger partial charge in [0, 0.05) is 17.5 Å². The molecule has 0 radical (unpaired) electrons. The summed E-state index contributed by atoms with van der Waals surface area (Å²) in [6.07, 6.45) is 0.707. The van der Waals surface area contributed by atoms with Crippen molar-refractivity contribution >= 4 is 51.3 Å². The predicted octanol–water partition coefficient (Wildman–Crippen LogP) is 3.81. The largest absolute Gasteiger partial charge is 0.465 e. The number of esters is 1. The lowest BCUT2D eigenvalue weighted by Gasteiger charge is -2.05. The lowest BCUT2D eigenvalue weighted by atomic mass is 10.2. The van der Waals surface area contributed by atoms with Crippen molar-refractivity contribution in [3.8, 4) is 0 Å². The van der Waals surface area contributed by atoms with Crippen molar-refractivity contribution in [2.24, 2.45) is 0 Å². The van der Waals surface area contributed by atoms with E-state index in [2.05, 4.69) is 20.4 Å². The van der Waals surface area contributed by atoms with Crippen LogP contribution < -0.4 is 10.6 Å². The number of amides is 2. The first-order valence-corrected chi connectivity index (χ1v) is 10.1. The number of benzene rings is 1. The van der Waals surface area contributed by atoms with Crippen molar-refractivity contribution in [3.63, 3.8) is 0 Å². The minimum absolute atomic E-state index is 0.164. The van der Waals surface area contributed by atoms with Crippen LogP contribution in [-0.4, -0.2) is 29.9 Å². The summed E-state index contributed by atoms with van der Waals surface area (Å²) in [7, 11) is 1.32. The van der Waals surface area contributed by atoms with E-state index >= 15 is 0 Å². The summed E-state index contributed by atoms with van der Waals surface area (Å²) in [5.41, 5.74) is 1.75. The Hall–Kier alpha value is -3.04. The van der Waals surface area contributed by atoms with E-state index in [1.807, 2.05) is 16.8 Å². The molecular weight excluding hydrogens is 398 g/mol. The van der Waals surface area contributed by atoms with E-state index in [0.29, 0.717) is 27.7 Å². The van der Waals surface area contributed by atoms with Gasteiger partial charge >= 0.3 is 5.97 Å². The maximum absolute atomic E-state index is 12.1. The molecule has 3 aromatic rings. The number of carbonyl (C=O) groups is 3. The van der Waals surface area contributed by atoms with Crippen molar-refractivity contribution in [1.29, 1.82) is 0 Å². The molecule has 0 saturated heterocycles. The fraction of sp³-hybridized carbons (Fsp3) is 0.158. The highest BCUT2D eigenvalue weighted by atomic mass is 32.1. The van der Waals surface area contributed by atoms with Crippen LogP contribution in [0.5, 0.6) is 0 Å². The Labute approximate surface area is 169 Å². The Bertz CT molecular complexity index is 965. The number of thiophene rings is 1. The van der Waals surface area contributed by atoms with Crippen LogP contribution in [-0.2, 0) is 16.0 Å². The Morgan fingerprint density at radius 2 is 1.86 bits per heavy atom. The lowest BCUT2D eigenvalue weighted by Crippen LogP contribution is -2.13. The highest BCUT2D eigenvalue weighted by Crippen LogP contribution is 2.19. The highest BCUT2D eigenvalue weighted by Gasteiger charge is 2.11. The number of aromatic nitrogens is 1. The highest BCUT2D eigenvalue weighted by molar-refractivity contribution is 7.14. The molecule has 9 heteroatoms. The number of aryl methyl sites for hydroxylation is 1. The number of hydrogen-bond acceptors (Lipinski definition) is 7. The molecule has 2 heterocycles. The van der Waals surface area contributed by atoms with E-state index in [0.717, 1.165) is 5.69 Å². The summed E-state index contributed by atoms with van der Waals surface area (Å²) in [5, 5.41) is 9.69. The number of rotatable bonds is 7. The van der Waals surface area contributed by atoms with Gasteiger partial charge in [-0.05, 0) is 42.1 Å². The van der Waals surface area contributed by atoms with Crippen molar-refractivity contribution in [3.05, 3.63) is 63.3 Å². The molecule has 0 unspecified atom stereocenters. The second-order valence-electron chi connectivity index (χ2n) is 5.69. The van der Waals surface area contributed by atoms with Crippen LogP contribution in [0.2, 0.25) is 0 Å². The number of ether oxygens (including phenoxy) is 1. The third-order valence-corrected chi connectivity index (χ3v) is 5.39. The Morgan fingerprint density at radius 1 is 1.07 bits per heavy atom. The third kappa shape index (κ3) is 5.24. The number of nitrogens with zero attached hydrogens (tertiary/aromatic N) is 1. The molecule has 0 aliphatic heterocycles. The molecule has 0 aliphatic rings. The fourth-order valence-electron chi connectivity index (χ4n) is 2.32. The van der Waals surface area contributed by atoms with Gasteiger partial charge in [0.1, 0.15) is 0 Å². The minimum Gasteiger partial charge on any atom is -0.465 e. The van der Waals surface area contributed by atoms with Crippen LogP contribution in [0.15, 0.2) is 47.2 Å². The van der Waals surface area contributed by atoms with E-state index in [4.69, 9.17) is 0 Å². The maximum Gasteiger partial charge on any atom is 0.337 e. The normalized spacial score (nSPS) is 10.3. The Balaban J connectivity index is 1.47. The minimum atomic E-state index is -0.427.